The average molecular weight is 1260 g/mol. The second-order valence-electron chi connectivity index (χ2n) is 14.3. The third kappa shape index (κ3) is 36.3. The van der Waals surface area contributed by atoms with Gasteiger partial charge in [-0.15, -0.1) is 0 Å². The van der Waals surface area contributed by atoms with E-state index >= 15 is 0 Å². The van der Waals surface area contributed by atoms with Crippen molar-refractivity contribution < 1.29 is 133 Å². The molecule has 0 aliphatic carbocycles. The first-order chi connectivity index (χ1) is 23.7. The third-order valence-corrected chi connectivity index (χ3v) is 5.82. The molecule has 0 saturated carbocycles. The van der Waals surface area contributed by atoms with Crippen molar-refractivity contribution in [3.05, 3.63) is 0 Å². The molecule has 4 amide bonds. The molecule has 0 fully saturated rings. The molecule has 0 rings (SSSR count). The van der Waals surface area contributed by atoms with E-state index in [4.69, 9.17) is 22.9 Å². The summed E-state index contributed by atoms with van der Waals surface area (Å²) in [7, 11) is 29.1. The van der Waals surface area contributed by atoms with Gasteiger partial charge in [0.15, 0.2) is 0 Å². The molecule has 0 aromatic heterocycles. The Morgan fingerprint density at radius 3 is 0.554 bits per heavy atom. The Balaban J connectivity index is -0.0000000893. The Morgan fingerprint density at radius 1 is 0.357 bits per heavy atom. The first-order valence-electron chi connectivity index (χ1n) is 16.9. The number of amides is 4. The summed E-state index contributed by atoms with van der Waals surface area (Å²) in [6.45, 7) is 3.77. The van der Waals surface area contributed by atoms with E-state index in [-0.39, 0.29) is 120 Å². The number of nitrogens with one attached hydrogen (secondary N) is 4. The first-order valence-corrected chi connectivity index (χ1v) is 16.9. The highest BCUT2D eigenvalue weighted by atomic mass is 127. The van der Waals surface area contributed by atoms with E-state index in [1.54, 1.807) is 28.2 Å². The molecule has 20 nitrogen and oxygen atoms in total. The number of nitrogens with two attached hydrogens (primary N) is 4. The van der Waals surface area contributed by atoms with E-state index in [0.717, 1.165) is 0 Å². The highest BCUT2D eigenvalue weighted by Crippen LogP contribution is 1.98. The SMILES string of the molecule is CNC(=O)C(=NCCN)[N+](C)(C)C.CNC(=O)C(=NCCN)[N+](C)(C)C.CNC(=O)C(=NCCN)[N+](C)(C)C.CNC(=O)C(=NCCN)[N+](C)(C)C.[I-].[I-].[I-].[I-]. The molecule has 0 aliphatic rings. The van der Waals surface area contributed by atoms with Crippen LogP contribution < -0.4 is 140 Å². The molecule has 56 heavy (non-hydrogen) atoms. The number of carbonyl (C=O) groups is 4. The lowest BCUT2D eigenvalue weighted by Gasteiger charge is -2.23. The van der Waals surface area contributed by atoms with Gasteiger partial charge in [0.25, 0.3) is 23.3 Å². The minimum absolute atomic E-state index is 0. The highest BCUT2D eigenvalue weighted by Gasteiger charge is 2.27. The second kappa shape index (κ2) is 38.4. The van der Waals surface area contributed by atoms with Crippen molar-refractivity contribution in [2.75, 3.05) is 165 Å². The Labute approximate surface area is 405 Å². The molecular weight excluding hydrogens is 1180 g/mol. The largest absolute Gasteiger partial charge is 1.00 e. The van der Waals surface area contributed by atoms with Gasteiger partial charge in [-0.05, 0) is 0 Å². The number of aliphatic imine (C=N–C) groups is 4. The Morgan fingerprint density at radius 2 is 0.482 bits per heavy atom. The van der Waals surface area contributed by atoms with Crippen LogP contribution in [0.1, 0.15) is 0 Å². The van der Waals surface area contributed by atoms with Gasteiger partial charge in [-0.1, -0.05) is 0 Å². The van der Waals surface area contributed by atoms with Gasteiger partial charge >= 0.3 is 23.6 Å². The normalized spacial score (nSPS) is 11.9. The summed E-state index contributed by atoms with van der Waals surface area (Å²) in [5.74, 6) is 1.37. The lowest BCUT2D eigenvalue weighted by Crippen LogP contribution is -3.00. The number of hydrogen-bond donors (Lipinski definition) is 8. The monoisotopic (exact) mass is 1260 g/mol. The number of rotatable bonds is 8. The van der Waals surface area contributed by atoms with Crippen molar-refractivity contribution in [1.29, 1.82) is 0 Å². The lowest BCUT2D eigenvalue weighted by atomic mass is 10.4. The zero-order valence-electron chi connectivity index (χ0n) is 36.7. The van der Waals surface area contributed by atoms with E-state index in [1.807, 2.05) is 84.6 Å². The van der Waals surface area contributed by atoms with E-state index < -0.39 is 0 Å². The number of quaternary nitrogens is 4. The molecular formula is C32H76I4N16O4. The van der Waals surface area contributed by atoms with Crippen LogP contribution in [0.5, 0.6) is 0 Å². The maximum absolute atomic E-state index is 11.4. The van der Waals surface area contributed by atoms with Gasteiger partial charge in [0.2, 0.25) is 0 Å². The van der Waals surface area contributed by atoms with Crippen LogP contribution >= 0.6 is 0 Å². The maximum atomic E-state index is 11.4. The number of nitrogens with zero attached hydrogens (tertiary/aromatic N) is 8. The first kappa shape index (κ1) is 72.8. The number of carbonyl (C=O) groups excluding carboxylic acids is 4. The predicted molar refractivity (Wildman–Crippen MR) is 214 cm³/mol. The molecule has 0 radical (unpaired) electrons. The van der Waals surface area contributed by atoms with Gasteiger partial charge in [0.1, 0.15) is 0 Å². The maximum Gasteiger partial charge on any atom is 0.325 e. The van der Waals surface area contributed by atoms with Crippen LogP contribution in [0.15, 0.2) is 20.0 Å². The fourth-order valence-corrected chi connectivity index (χ4v) is 3.48. The van der Waals surface area contributed by atoms with Gasteiger partial charge in [0.05, 0.1) is 111 Å². The Hall–Kier alpha value is -0.840. The number of halogens is 4. The number of likely N-dealkylation sites (N-methyl/N-ethyl adjacent to an activating group) is 8. The van der Waals surface area contributed by atoms with E-state index in [1.165, 1.54) is 0 Å². The Kier molecular flexibility index (Phi) is 49.8. The summed E-state index contributed by atoms with van der Waals surface area (Å²) in [5, 5.41) is 10.2. The second-order valence-corrected chi connectivity index (χ2v) is 14.3. The van der Waals surface area contributed by atoms with Gasteiger partial charge in [0, 0.05) is 54.4 Å². The van der Waals surface area contributed by atoms with Crippen molar-refractivity contribution in [2.45, 2.75) is 0 Å². The van der Waals surface area contributed by atoms with Crippen molar-refractivity contribution >= 4 is 47.0 Å². The van der Waals surface area contributed by atoms with Gasteiger partial charge in [-0.25, -0.2) is 20.0 Å². The van der Waals surface area contributed by atoms with Crippen LogP contribution in [0.2, 0.25) is 0 Å². The van der Waals surface area contributed by atoms with Crippen molar-refractivity contribution in [1.82, 2.24) is 21.3 Å². The molecule has 0 aliphatic heterocycles. The lowest BCUT2D eigenvalue weighted by molar-refractivity contribution is -0.774. The molecule has 0 unspecified atom stereocenters. The zero-order valence-corrected chi connectivity index (χ0v) is 45.3. The fraction of sp³-hybridized carbons (Fsp3) is 0.750. The van der Waals surface area contributed by atoms with Crippen LogP contribution in [0.4, 0.5) is 0 Å². The third-order valence-electron chi connectivity index (χ3n) is 5.82. The summed E-state index contributed by atoms with van der Waals surface area (Å²) >= 11 is 0. The summed E-state index contributed by atoms with van der Waals surface area (Å²) in [6, 6.07) is 0. The van der Waals surface area contributed by atoms with Crippen LogP contribution in [0, 0.1) is 0 Å². The molecule has 0 bridgehead atoms. The summed E-state index contributed by atoms with van der Waals surface area (Å²) in [6.07, 6.45) is 0. The topological polar surface area (TPSA) is 270 Å². The van der Waals surface area contributed by atoms with Crippen LogP contribution in [0.3, 0.4) is 0 Å². The molecule has 0 spiro atoms. The summed E-state index contributed by atoms with van der Waals surface area (Å²) in [4.78, 5) is 62.0. The highest BCUT2D eigenvalue weighted by molar-refractivity contribution is 6.35. The molecule has 12 N–H and O–H groups in total. The smallest absolute Gasteiger partial charge is 0.325 e. The quantitative estimate of drug-likeness (QED) is 0.0500. The van der Waals surface area contributed by atoms with Crippen molar-refractivity contribution in [3.8, 4) is 0 Å². The number of hydrogen-bond acceptors (Lipinski definition) is 12. The minimum atomic E-state index is -0.152. The van der Waals surface area contributed by atoms with Gasteiger partial charge in [-0.2, -0.15) is 0 Å². The standard InChI is InChI=1S/4C8H18N4O.4HI/c4*1-10-8(13)7(11-6-5-9)12(2,3)4;;;;/h4*5-6,9H2,1-4H3;4*1H. The van der Waals surface area contributed by atoms with Crippen molar-refractivity contribution in [2.24, 2.45) is 42.9 Å². The minimum Gasteiger partial charge on any atom is -1.00 e. The average Bonchev–Trinajstić information content (AvgIpc) is 3.03. The van der Waals surface area contributed by atoms with Crippen LogP contribution in [-0.4, -0.2) is 230 Å². The predicted octanol–water partition coefficient (Wildman–Crippen LogP) is -16.8. The summed E-state index contributed by atoms with van der Waals surface area (Å²) in [5.41, 5.74) is 21.3. The molecule has 336 valence electrons. The molecule has 0 heterocycles. The van der Waals surface area contributed by atoms with Gasteiger partial charge < -0.3 is 140 Å². The van der Waals surface area contributed by atoms with Gasteiger partial charge in [-0.3, -0.25) is 37.1 Å². The molecule has 24 heteroatoms. The molecule has 0 atom stereocenters. The van der Waals surface area contributed by atoms with Crippen LogP contribution in [-0.2, 0) is 19.2 Å². The number of amidine groups is 4. The summed E-state index contributed by atoms with van der Waals surface area (Å²) < 4.78 is 1.61. The molecule has 0 aromatic carbocycles. The molecule has 0 aromatic rings. The molecule has 0 saturated heterocycles. The van der Waals surface area contributed by atoms with E-state index in [2.05, 4.69) is 41.2 Å². The van der Waals surface area contributed by atoms with E-state index in [9.17, 15) is 19.2 Å². The van der Waals surface area contributed by atoms with Crippen LogP contribution in [0.25, 0.3) is 0 Å². The van der Waals surface area contributed by atoms with E-state index in [0.29, 0.717) is 93.6 Å². The Bertz CT molecular complexity index is 1020. The zero-order chi connectivity index (χ0) is 41.9. The fourth-order valence-electron chi connectivity index (χ4n) is 3.48. The van der Waals surface area contributed by atoms with Crippen molar-refractivity contribution in [3.63, 3.8) is 0 Å².